The number of amidine groups is 1. The van der Waals surface area contributed by atoms with Crippen LogP contribution in [0.3, 0.4) is 0 Å². The quantitative estimate of drug-likeness (QED) is 0.189. The van der Waals surface area contributed by atoms with E-state index < -0.39 is 41.0 Å². The van der Waals surface area contributed by atoms with Crippen molar-refractivity contribution >= 4 is 11.7 Å². The topological polar surface area (TPSA) is 70.7 Å². The highest BCUT2D eigenvalue weighted by molar-refractivity contribution is 5.96. The number of aliphatic imine (C=N–C) groups is 1. The van der Waals surface area contributed by atoms with E-state index in [9.17, 15) is 31.1 Å². The summed E-state index contributed by atoms with van der Waals surface area (Å²) in [5, 5.41) is 0. The Morgan fingerprint density at radius 2 is 1.93 bits per heavy atom. The summed E-state index contributed by atoms with van der Waals surface area (Å²) >= 11 is 0. The molecule has 3 N–H and O–H groups in total. The Labute approximate surface area is 168 Å². The van der Waals surface area contributed by atoms with Crippen molar-refractivity contribution in [2.75, 3.05) is 13.1 Å². The molecule has 1 aromatic carbocycles. The van der Waals surface area contributed by atoms with Gasteiger partial charge in [0.1, 0.15) is 5.84 Å². The number of hydrazine groups is 1. The van der Waals surface area contributed by atoms with Crippen LogP contribution in [0.1, 0.15) is 27.9 Å². The normalized spacial score (nSPS) is 18.2. The molecule has 2 rings (SSSR count). The third kappa shape index (κ3) is 5.85. The number of amides is 1. The van der Waals surface area contributed by atoms with E-state index in [-0.39, 0.29) is 18.9 Å². The predicted octanol–water partition coefficient (Wildman–Crippen LogP) is 3.76. The lowest BCUT2D eigenvalue weighted by Crippen LogP contribution is -2.33. The van der Waals surface area contributed by atoms with E-state index in [0.29, 0.717) is 18.1 Å². The van der Waals surface area contributed by atoms with Crippen LogP contribution in [0.15, 0.2) is 47.5 Å². The molecule has 1 aromatic rings. The zero-order chi connectivity index (χ0) is 22.7. The molecular formula is C19H20F6N4O. The standard InChI is InChI=1S/C19H20F6N4O/c1-11-3-5-15(19(23,24)25)14(9-11)17(30)29-8-7-13(10-29)27-16(28-26)6-4-12(2)18(20,21)22/h3-6,9,13H,2,7-8,10,26H2,1H3,(H,27,28)/b6-4-/t13-/m1/s1. The molecule has 164 valence electrons. The number of allylic oxidation sites excluding steroid dienone is 2. The fraction of sp³-hybridized carbons (Fsp3) is 0.368. The molecule has 11 heteroatoms. The number of hydrogen-bond donors (Lipinski definition) is 2. The minimum absolute atomic E-state index is 0.00328. The number of halogens is 6. The number of hydrogen-bond acceptors (Lipinski definition) is 3. The molecule has 1 fully saturated rings. The van der Waals surface area contributed by atoms with Gasteiger partial charge in [0.15, 0.2) is 0 Å². The first-order valence-corrected chi connectivity index (χ1v) is 8.78. The van der Waals surface area contributed by atoms with Gasteiger partial charge in [-0.3, -0.25) is 9.79 Å². The molecule has 0 aromatic heterocycles. The zero-order valence-corrected chi connectivity index (χ0v) is 15.9. The summed E-state index contributed by atoms with van der Waals surface area (Å²) in [5.41, 5.74) is 0.0729. The largest absolute Gasteiger partial charge is 0.417 e. The van der Waals surface area contributed by atoms with Crippen LogP contribution in [0.25, 0.3) is 0 Å². The molecule has 1 saturated heterocycles. The van der Waals surface area contributed by atoms with Gasteiger partial charge in [0.25, 0.3) is 5.91 Å². The van der Waals surface area contributed by atoms with E-state index in [1.807, 2.05) is 0 Å². The van der Waals surface area contributed by atoms with Gasteiger partial charge in [-0.05, 0) is 37.6 Å². The smallest absolute Gasteiger partial charge is 0.336 e. The summed E-state index contributed by atoms with van der Waals surface area (Å²) < 4.78 is 77.2. The number of alkyl halides is 6. The van der Waals surface area contributed by atoms with Crippen molar-refractivity contribution in [2.24, 2.45) is 10.8 Å². The summed E-state index contributed by atoms with van der Waals surface area (Å²) in [6.07, 6.45) is -7.28. The van der Waals surface area contributed by atoms with Crippen molar-refractivity contribution in [1.29, 1.82) is 0 Å². The second-order valence-corrected chi connectivity index (χ2v) is 6.76. The lowest BCUT2D eigenvalue weighted by atomic mass is 10.0. The van der Waals surface area contributed by atoms with Crippen molar-refractivity contribution < 1.29 is 31.1 Å². The van der Waals surface area contributed by atoms with E-state index in [1.165, 1.54) is 17.0 Å². The molecule has 0 saturated carbocycles. The van der Waals surface area contributed by atoms with Gasteiger partial charge in [-0.2, -0.15) is 26.3 Å². The van der Waals surface area contributed by atoms with Gasteiger partial charge >= 0.3 is 12.4 Å². The number of nitrogens with zero attached hydrogens (tertiary/aromatic N) is 2. The third-order valence-corrected chi connectivity index (χ3v) is 4.44. The van der Waals surface area contributed by atoms with Crippen LogP contribution < -0.4 is 11.3 Å². The number of carbonyl (C=O) groups is 1. The fourth-order valence-corrected chi connectivity index (χ4v) is 2.88. The fourth-order valence-electron chi connectivity index (χ4n) is 2.88. The SMILES string of the molecule is C=C(/C=C\C(=N[C@@H]1CCN(C(=O)c2cc(C)ccc2C(F)(F)F)C1)NN)C(F)(F)F. The Balaban J connectivity index is 2.16. The van der Waals surface area contributed by atoms with Crippen LogP contribution in [-0.4, -0.2) is 42.0 Å². The monoisotopic (exact) mass is 434 g/mol. The van der Waals surface area contributed by atoms with Gasteiger partial charge in [0.05, 0.1) is 17.2 Å². The van der Waals surface area contributed by atoms with Crippen molar-refractivity contribution in [3.8, 4) is 0 Å². The molecule has 30 heavy (non-hydrogen) atoms. The lowest BCUT2D eigenvalue weighted by Gasteiger charge is -2.19. The first-order chi connectivity index (χ1) is 13.8. The van der Waals surface area contributed by atoms with Crippen molar-refractivity contribution in [3.05, 3.63) is 59.2 Å². The third-order valence-electron chi connectivity index (χ3n) is 4.44. The number of rotatable bonds is 4. The van der Waals surface area contributed by atoms with Crippen LogP contribution in [0.2, 0.25) is 0 Å². The maximum atomic E-state index is 13.2. The van der Waals surface area contributed by atoms with Crippen LogP contribution >= 0.6 is 0 Å². The molecule has 0 bridgehead atoms. The van der Waals surface area contributed by atoms with Gasteiger partial charge in [-0.15, -0.1) is 0 Å². The highest BCUT2D eigenvalue weighted by atomic mass is 19.4. The minimum Gasteiger partial charge on any atom is -0.336 e. The number of benzene rings is 1. The van der Waals surface area contributed by atoms with Crippen molar-refractivity contribution in [1.82, 2.24) is 10.3 Å². The Hall–Kier alpha value is -2.82. The molecular weight excluding hydrogens is 414 g/mol. The Morgan fingerprint density at radius 3 is 2.50 bits per heavy atom. The molecule has 1 atom stereocenters. The summed E-state index contributed by atoms with van der Waals surface area (Å²) in [6, 6.07) is 2.78. The van der Waals surface area contributed by atoms with Crippen LogP contribution in [0.5, 0.6) is 0 Å². The Kier molecular flexibility index (Phi) is 6.96. The van der Waals surface area contributed by atoms with Crippen molar-refractivity contribution in [3.63, 3.8) is 0 Å². The van der Waals surface area contributed by atoms with Gasteiger partial charge in [0, 0.05) is 18.7 Å². The second kappa shape index (κ2) is 8.90. The average Bonchev–Trinajstić information content (AvgIpc) is 3.10. The summed E-state index contributed by atoms with van der Waals surface area (Å²) in [4.78, 5) is 18.0. The highest BCUT2D eigenvalue weighted by Crippen LogP contribution is 2.33. The number of aryl methyl sites for hydroxylation is 1. The van der Waals surface area contributed by atoms with E-state index in [1.54, 1.807) is 6.92 Å². The van der Waals surface area contributed by atoms with E-state index in [4.69, 9.17) is 5.84 Å². The average molecular weight is 434 g/mol. The van der Waals surface area contributed by atoms with Gasteiger partial charge in [-0.25, -0.2) is 5.84 Å². The molecule has 0 aliphatic carbocycles. The molecule has 1 aliphatic heterocycles. The molecule has 1 aliphatic rings. The van der Waals surface area contributed by atoms with Gasteiger partial charge < -0.3 is 10.3 Å². The zero-order valence-electron chi connectivity index (χ0n) is 15.9. The maximum Gasteiger partial charge on any atom is 0.417 e. The minimum atomic E-state index is -4.68. The molecule has 0 spiro atoms. The maximum absolute atomic E-state index is 13.2. The molecule has 1 heterocycles. The summed E-state index contributed by atoms with van der Waals surface area (Å²) in [5.74, 6) is 4.40. The van der Waals surface area contributed by atoms with E-state index in [2.05, 4.69) is 17.0 Å². The second-order valence-electron chi connectivity index (χ2n) is 6.76. The Bertz CT molecular complexity index is 873. The summed E-state index contributed by atoms with van der Waals surface area (Å²) in [6.45, 7) is 4.62. The summed E-state index contributed by atoms with van der Waals surface area (Å²) in [7, 11) is 0. The van der Waals surface area contributed by atoms with Gasteiger partial charge in [0.2, 0.25) is 0 Å². The lowest BCUT2D eigenvalue weighted by molar-refractivity contribution is -0.138. The molecule has 0 unspecified atom stereocenters. The first kappa shape index (κ1) is 23.5. The van der Waals surface area contributed by atoms with Crippen LogP contribution in [0.4, 0.5) is 26.3 Å². The molecule has 0 radical (unpaired) electrons. The number of nitrogens with two attached hydrogens (primary N) is 1. The first-order valence-electron chi connectivity index (χ1n) is 8.78. The van der Waals surface area contributed by atoms with E-state index in [0.717, 1.165) is 12.1 Å². The number of nitrogens with one attached hydrogen (secondary N) is 1. The predicted molar refractivity (Wildman–Crippen MR) is 99.6 cm³/mol. The van der Waals surface area contributed by atoms with Crippen LogP contribution in [-0.2, 0) is 6.18 Å². The Morgan fingerprint density at radius 1 is 1.27 bits per heavy atom. The molecule has 1 amide bonds. The van der Waals surface area contributed by atoms with Crippen LogP contribution in [0, 0.1) is 6.92 Å². The number of likely N-dealkylation sites (tertiary alicyclic amines) is 1. The molecule has 5 nitrogen and oxygen atoms in total. The highest BCUT2D eigenvalue weighted by Gasteiger charge is 2.37. The van der Waals surface area contributed by atoms with Crippen molar-refractivity contribution in [2.45, 2.75) is 31.7 Å². The van der Waals surface area contributed by atoms with Gasteiger partial charge in [-0.1, -0.05) is 18.2 Å². The number of carbonyl (C=O) groups excluding carboxylic acids is 1. The van der Waals surface area contributed by atoms with E-state index >= 15 is 0 Å².